The van der Waals surface area contributed by atoms with Gasteiger partial charge in [0, 0.05) is 36.2 Å². The van der Waals surface area contributed by atoms with Crippen LogP contribution >= 0.6 is 11.6 Å². The fourth-order valence-corrected chi connectivity index (χ4v) is 2.95. The molecule has 1 aromatic carbocycles. The number of halogens is 1. The molecular weight excluding hydrogens is 298 g/mol. The van der Waals surface area contributed by atoms with E-state index in [4.69, 9.17) is 16.3 Å². The highest BCUT2D eigenvalue weighted by Crippen LogP contribution is 2.25. The Labute approximate surface area is 138 Å². The molecule has 0 unspecified atom stereocenters. The maximum atomic E-state index is 12.6. The lowest BCUT2D eigenvalue weighted by atomic mass is 9.86. The number of benzene rings is 1. The predicted molar refractivity (Wildman–Crippen MR) is 90.5 cm³/mol. The van der Waals surface area contributed by atoms with E-state index in [1.54, 1.807) is 0 Å². The quantitative estimate of drug-likeness (QED) is 0.865. The van der Waals surface area contributed by atoms with E-state index in [0.717, 1.165) is 31.6 Å². The summed E-state index contributed by atoms with van der Waals surface area (Å²) in [5.74, 6) is 0.160. The molecule has 3 nitrogen and oxygen atoms in total. The van der Waals surface area contributed by atoms with Crippen molar-refractivity contribution in [3.63, 3.8) is 0 Å². The van der Waals surface area contributed by atoms with Crippen molar-refractivity contribution in [1.29, 1.82) is 0 Å². The van der Waals surface area contributed by atoms with Crippen LogP contribution in [0.25, 0.3) is 0 Å². The normalized spacial score (nSPS) is 19.1. The third-order valence-corrected chi connectivity index (χ3v) is 4.77. The van der Waals surface area contributed by atoms with Crippen LogP contribution in [-0.4, -0.2) is 31.1 Å². The molecule has 0 bridgehead atoms. The van der Waals surface area contributed by atoms with Crippen molar-refractivity contribution in [1.82, 2.24) is 5.32 Å². The average Bonchev–Trinajstić information content (AvgIpc) is 2.49. The molecule has 1 aromatic rings. The maximum absolute atomic E-state index is 12.6. The highest BCUT2D eigenvalue weighted by Gasteiger charge is 2.30. The summed E-state index contributed by atoms with van der Waals surface area (Å²) in [5, 5.41) is 4.31. The molecule has 0 spiro atoms. The van der Waals surface area contributed by atoms with Crippen molar-refractivity contribution in [2.24, 2.45) is 5.92 Å². The number of hydrogen-bond donors (Lipinski definition) is 1. The van der Waals surface area contributed by atoms with Gasteiger partial charge in [-0.1, -0.05) is 37.6 Å². The summed E-state index contributed by atoms with van der Waals surface area (Å²) >= 11 is 5.96. The minimum atomic E-state index is -0.128. The number of carbonyl (C=O) groups excluding carboxylic acids is 1. The van der Waals surface area contributed by atoms with Crippen LogP contribution in [0.2, 0.25) is 5.02 Å². The van der Waals surface area contributed by atoms with E-state index in [9.17, 15) is 4.79 Å². The van der Waals surface area contributed by atoms with Crippen molar-refractivity contribution in [3.05, 3.63) is 34.9 Å². The SMILES string of the molecule is CC(C)C(=O)[C@H](CNC1(C)CCOCC1)c1ccc(Cl)cc1. The summed E-state index contributed by atoms with van der Waals surface area (Å²) in [6.07, 6.45) is 1.96. The Morgan fingerprint density at radius 1 is 1.27 bits per heavy atom. The first kappa shape index (κ1) is 17.5. The molecule has 1 N–H and O–H groups in total. The van der Waals surface area contributed by atoms with Gasteiger partial charge in [0.15, 0.2) is 0 Å². The lowest BCUT2D eigenvalue weighted by Gasteiger charge is -2.36. The van der Waals surface area contributed by atoms with Crippen molar-refractivity contribution < 1.29 is 9.53 Å². The number of rotatable bonds is 6. The van der Waals surface area contributed by atoms with Gasteiger partial charge in [0.25, 0.3) is 0 Å². The molecule has 1 aliphatic rings. The first-order valence-electron chi connectivity index (χ1n) is 8.03. The number of ether oxygens (including phenoxy) is 1. The third-order valence-electron chi connectivity index (χ3n) is 4.51. The molecule has 22 heavy (non-hydrogen) atoms. The van der Waals surface area contributed by atoms with Gasteiger partial charge in [-0.25, -0.2) is 0 Å². The number of hydrogen-bond acceptors (Lipinski definition) is 3. The third kappa shape index (κ3) is 4.55. The van der Waals surface area contributed by atoms with E-state index in [-0.39, 0.29) is 23.2 Å². The standard InChI is InChI=1S/C18H26ClNO2/c1-13(2)17(21)16(14-4-6-15(19)7-5-14)12-20-18(3)8-10-22-11-9-18/h4-7,13,16,20H,8-12H2,1-3H3/t16-/m1/s1. The average molecular weight is 324 g/mol. The second-order valence-electron chi connectivity index (χ2n) is 6.72. The van der Waals surface area contributed by atoms with Crippen molar-refractivity contribution in [2.75, 3.05) is 19.8 Å². The fraction of sp³-hybridized carbons (Fsp3) is 0.611. The van der Waals surface area contributed by atoms with Crippen LogP contribution in [0.3, 0.4) is 0 Å². The minimum Gasteiger partial charge on any atom is -0.381 e. The van der Waals surface area contributed by atoms with Crippen LogP contribution in [0.5, 0.6) is 0 Å². The Balaban J connectivity index is 2.11. The molecule has 1 aliphatic heterocycles. The second kappa shape index (κ2) is 7.58. The van der Waals surface area contributed by atoms with Crippen LogP contribution in [0.15, 0.2) is 24.3 Å². The summed E-state index contributed by atoms with van der Waals surface area (Å²) in [6.45, 7) is 8.37. The molecule has 1 fully saturated rings. The molecule has 0 saturated carbocycles. The molecule has 122 valence electrons. The highest BCUT2D eigenvalue weighted by atomic mass is 35.5. The Morgan fingerprint density at radius 2 is 1.86 bits per heavy atom. The monoisotopic (exact) mass is 323 g/mol. The number of ketones is 1. The molecule has 1 heterocycles. The van der Waals surface area contributed by atoms with Gasteiger partial charge in [0.2, 0.25) is 0 Å². The van der Waals surface area contributed by atoms with Crippen molar-refractivity contribution >= 4 is 17.4 Å². The first-order valence-corrected chi connectivity index (χ1v) is 8.41. The molecule has 0 radical (unpaired) electrons. The van der Waals surface area contributed by atoms with Gasteiger partial charge in [-0.2, -0.15) is 0 Å². The molecule has 0 aromatic heterocycles. The van der Waals surface area contributed by atoms with Gasteiger partial charge >= 0.3 is 0 Å². The van der Waals surface area contributed by atoms with E-state index in [1.807, 2.05) is 38.1 Å². The van der Waals surface area contributed by atoms with Crippen LogP contribution in [-0.2, 0) is 9.53 Å². The second-order valence-corrected chi connectivity index (χ2v) is 7.15. The van der Waals surface area contributed by atoms with Crippen LogP contribution in [0, 0.1) is 5.92 Å². The number of carbonyl (C=O) groups is 1. The Bertz CT molecular complexity index is 492. The van der Waals surface area contributed by atoms with Gasteiger partial charge in [-0.05, 0) is 37.5 Å². The zero-order chi connectivity index (χ0) is 16.2. The molecular formula is C18H26ClNO2. The topological polar surface area (TPSA) is 38.3 Å². The zero-order valence-electron chi connectivity index (χ0n) is 13.7. The number of nitrogens with one attached hydrogen (secondary N) is 1. The smallest absolute Gasteiger partial charge is 0.144 e. The summed E-state index contributed by atoms with van der Waals surface area (Å²) in [7, 11) is 0. The highest BCUT2D eigenvalue weighted by molar-refractivity contribution is 6.30. The maximum Gasteiger partial charge on any atom is 0.144 e. The van der Waals surface area contributed by atoms with Gasteiger partial charge in [-0.3, -0.25) is 4.79 Å². The predicted octanol–water partition coefficient (Wildman–Crippen LogP) is 3.81. The summed E-state index contributed by atoms with van der Waals surface area (Å²) < 4.78 is 5.43. The van der Waals surface area contributed by atoms with Crippen LogP contribution < -0.4 is 5.32 Å². The van der Waals surface area contributed by atoms with E-state index in [2.05, 4.69) is 12.2 Å². The lowest BCUT2D eigenvalue weighted by Crippen LogP contribution is -2.49. The van der Waals surface area contributed by atoms with E-state index in [1.165, 1.54) is 0 Å². The van der Waals surface area contributed by atoms with E-state index < -0.39 is 0 Å². The molecule has 1 atom stereocenters. The molecule has 0 amide bonds. The van der Waals surface area contributed by atoms with E-state index >= 15 is 0 Å². The molecule has 1 saturated heterocycles. The van der Waals surface area contributed by atoms with E-state index in [0.29, 0.717) is 11.6 Å². The largest absolute Gasteiger partial charge is 0.381 e. The Morgan fingerprint density at radius 3 is 2.41 bits per heavy atom. The molecule has 0 aliphatic carbocycles. The van der Waals surface area contributed by atoms with Crippen LogP contribution in [0.1, 0.15) is 45.1 Å². The summed E-state index contributed by atoms with van der Waals surface area (Å²) in [6, 6.07) is 7.63. The zero-order valence-corrected chi connectivity index (χ0v) is 14.5. The van der Waals surface area contributed by atoms with Gasteiger partial charge in [0.1, 0.15) is 5.78 Å². The van der Waals surface area contributed by atoms with Gasteiger partial charge in [-0.15, -0.1) is 0 Å². The Kier molecular flexibility index (Phi) is 6.01. The first-order chi connectivity index (χ1) is 10.4. The van der Waals surface area contributed by atoms with Gasteiger partial charge < -0.3 is 10.1 Å². The summed E-state index contributed by atoms with van der Waals surface area (Å²) in [5.41, 5.74) is 1.09. The molecule has 4 heteroatoms. The number of Topliss-reactive ketones (excluding diaryl/α,β-unsaturated/α-hetero) is 1. The molecule has 2 rings (SSSR count). The van der Waals surface area contributed by atoms with Crippen LogP contribution in [0.4, 0.5) is 0 Å². The minimum absolute atomic E-state index is 0.0185. The van der Waals surface area contributed by atoms with Crippen molar-refractivity contribution in [3.8, 4) is 0 Å². The Hall–Kier alpha value is -0.900. The lowest BCUT2D eigenvalue weighted by molar-refractivity contribution is -0.123. The van der Waals surface area contributed by atoms with Gasteiger partial charge in [0.05, 0.1) is 5.92 Å². The fourth-order valence-electron chi connectivity index (χ4n) is 2.83. The summed E-state index contributed by atoms with van der Waals surface area (Å²) in [4.78, 5) is 12.6. The van der Waals surface area contributed by atoms with Crippen molar-refractivity contribution in [2.45, 2.75) is 45.1 Å².